The van der Waals surface area contributed by atoms with Gasteiger partial charge in [0.25, 0.3) is 0 Å². The number of furan rings is 1. The van der Waals surface area contributed by atoms with Crippen LogP contribution in [-0.4, -0.2) is 51.0 Å². The number of guanidine groups is 1. The molecule has 0 amide bonds. The van der Waals surface area contributed by atoms with Gasteiger partial charge in [-0.1, -0.05) is 12.1 Å². The minimum Gasteiger partial charge on any atom is -0.497 e. The van der Waals surface area contributed by atoms with Crippen LogP contribution in [0, 0.1) is 13.8 Å². The summed E-state index contributed by atoms with van der Waals surface area (Å²) in [6, 6.07) is 10.2. The van der Waals surface area contributed by atoms with E-state index in [2.05, 4.69) is 22.8 Å². The number of ether oxygens (including phenoxy) is 2. The second-order valence-corrected chi connectivity index (χ2v) is 8.77. The zero-order valence-electron chi connectivity index (χ0n) is 20.4. The molecule has 0 radical (unpaired) electrons. The van der Waals surface area contributed by atoms with E-state index in [1.165, 1.54) is 5.56 Å². The molecule has 8 heteroatoms. The molecule has 3 rings (SSSR count). The van der Waals surface area contributed by atoms with Gasteiger partial charge in [-0.15, -0.1) is 24.0 Å². The molecular formula is C25H38IN3O4. The Bertz CT molecular complexity index is 903. The van der Waals surface area contributed by atoms with E-state index in [-0.39, 0.29) is 35.9 Å². The topological polar surface area (TPSA) is 88.3 Å². The second kappa shape index (κ2) is 12.1. The first-order valence-electron chi connectivity index (χ1n) is 11.3. The van der Waals surface area contributed by atoms with Crippen molar-refractivity contribution in [1.82, 2.24) is 10.6 Å². The summed E-state index contributed by atoms with van der Waals surface area (Å²) in [6.45, 7) is 10.7. The molecule has 1 atom stereocenters. The van der Waals surface area contributed by atoms with Crippen LogP contribution in [0.2, 0.25) is 0 Å². The van der Waals surface area contributed by atoms with Crippen molar-refractivity contribution in [3.05, 3.63) is 53.0 Å². The van der Waals surface area contributed by atoms with Crippen LogP contribution in [0.15, 0.2) is 39.7 Å². The Balaban J connectivity index is 0.00000385. The van der Waals surface area contributed by atoms with Gasteiger partial charge in [0.2, 0.25) is 0 Å². The van der Waals surface area contributed by atoms with Crippen LogP contribution in [0.5, 0.6) is 5.75 Å². The first kappa shape index (κ1) is 27.5. The first-order valence-corrected chi connectivity index (χ1v) is 11.3. The van der Waals surface area contributed by atoms with E-state index in [4.69, 9.17) is 18.9 Å². The van der Waals surface area contributed by atoms with E-state index < -0.39 is 5.60 Å². The number of nitrogens with zero attached hydrogens (tertiary/aromatic N) is 1. The van der Waals surface area contributed by atoms with Crippen LogP contribution in [0.4, 0.5) is 0 Å². The minimum absolute atomic E-state index is 0. The number of aryl methyl sites for hydroxylation is 2. The molecule has 1 aromatic heterocycles. The van der Waals surface area contributed by atoms with Crippen molar-refractivity contribution < 1.29 is 19.0 Å². The van der Waals surface area contributed by atoms with Crippen LogP contribution < -0.4 is 15.4 Å². The second-order valence-electron chi connectivity index (χ2n) is 8.77. The summed E-state index contributed by atoms with van der Waals surface area (Å²) in [4.78, 5) is 4.70. The third kappa shape index (κ3) is 6.86. The lowest BCUT2D eigenvalue weighted by molar-refractivity contribution is 0.0513. The van der Waals surface area contributed by atoms with Gasteiger partial charge in [0.1, 0.15) is 22.9 Å². The van der Waals surface area contributed by atoms with Crippen molar-refractivity contribution in [2.24, 2.45) is 4.99 Å². The molecule has 1 fully saturated rings. The summed E-state index contributed by atoms with van der Waals surface area (Å²) in [5, 5.41) is 17.9. The largest absolute Gasteiger partial charge is 0.497 e. The fraction of sp³-hybridized carbons (Fsp3) is 0.560. The molecule has 2 aromatic rings. The molecule has 33 heavy (non-hydrogen) atoms. The number of methoxy groups -OCH3 is 1. The van der Waals surface area contributed by atoms with Gasteiger partial charge in [-0.05, 0) is 64.3 Å². The van der Waals surface area contributed by atoms with Crippen LogP contribution >= 0.6 is 24.0 Å². The molecule has 0 spiro atoms. The SMILES string of the molecule is CCNC(=NCC(C)(O)c1cc(C)oc1C)NCC1(c2ccc(OC)cc2)CCOCC1.I. The summed E-state index contributed by atoms with van der Waals surface area (Å²) >= 11 is 0. The maximum Gasteiger partial charge on any atom is 0.191 e. The highest BCUT2D eigenvalue weighted by Crippen LogP contribution is 2.35. The summed E-state index contributed by atoms with van der Waals surface area (Å²) < 4.78 is 16.6. The van der Waals surface area contributed by atoms with E-state index >= 15 is 0 Å². The number of rotatable bonds is 8. The number of aliphatic imine (C=N–C) groups is 1. The van der Waals surface area contributed by atoms with E-state index in [1.807, 2.05) is 39.0 Å². The van der Waals surface area contributed by atoms with Crippen molar-refractivity contribution in [1.29, 1.82) is 0 Å². The molecule has 0 saturated carbocycles. The lowest BCUT2D eigenvalue weighted by atomic mass is 9.74. The summed E-state index contributed by atoms with van der Waals surface area (Å²) in [5.41, 5.74) is 0.869. The highest BCUT2D eigenvalue weighted by molar-refractivity contribution is 14.0. The van der Waals surface area contributed by atoms with Crippen LogP contribution in [0.25, 0.3) is 0 Å². The Morgan fingerprint density at radius 3 is 2.39 bits per heavy atom. The molecular weight excluding hydrogens is 533 g/mol. The molecule has 3 N–H and O–H groups in total. The van der Waals surface area contributed by atoms with Crippen molar-refractivity contribution >= 4 is 29.9 Å². The molecule has 0 bridgehead atoms. The highest BCUT2D eigenvalue weighted by atomic mass is 127. The standard InChI is InChI=1S/C25H37N3O4.HI/c1-6-26-23(27-16-24(4,29)22-15-18(2)32-19(22)3)28-17-25(11-13-31-14-12-25)20-7-9-21(30-5)10-8-20;/h7-10,15,29H,6,11-14,16-17H2,1-5H3,(H2,26,27,28);1H. The first-order chi connectivity index (χ1) is 15.3. The smallest absolute Gasteiger partial charge is 0.191 e. The fourth-order valence-electron chi connectivity index (χ4n) is 4.35. The van der Waals surface area contributed by atoms with Gasteiger partial charge in [-0.2, -0.15) is 0 Å². The number of aliphatic hydroxyl groups is 1. The summed E-state index contributed by atoms with van der Waals surface area (Å²) in [6.07, 6.45) is 1.86. The predicted octanol–water partition coefficient (Wildman–Crippen LogP) is 4.03. The van der Waals surface area contributed by atoms with Gasteiger partial charge in [-0.25, -0.2) is 4.99 Å². The van der Waals surface area contributed by atoms with Crippen molar-refractivity contribution in [3.8, 4) is 5.75 Å². The van der Waals surface area contributed by atoms with E-state index in [0.717, 1.165) is 62.0 Å². The minimum atomic E-state index is -1.11. The molecule has 1 aliphatic rings. The van der Waals surface area contributed by atoms with Crippen molar-refractivity contribution in [3.63, 3.8) is 0 Å². The van der Waals surface area contributed by atoms with Crippen molar-refractivity contribution in [2.45, 2.75) is 51.6 Å². The lowest BCUT2D eigenvalue weighted by Crippen LogP contribution is -2.48. The Morgan fingerprint density at radius 1 is 1.18 bits per heavy atom. The van der Waals surface area contributed by atoms with Gasteiger partial charge >= 0.3 is 0 Å². The van der Waals surface area contributed by atoms with Gasteiger partial charge in [0.05, 0.1) is 13.7 Å². The number of halogens is 1. The average molecular weight is 572 g/mol. The molecule has 1 saturated heterocycles. The summed E-state index contributed by atoms with van der Waals surface area (Å²) in [5.74, 6) is 3.05. The molecule has 1 aliphatic heterocycles. The molecule has 7 nitrogen and oxygen atoms in total. The van der Waals surface area contributed by atoms with E-state index in [1.54, 1.807) is 14.0 Å². The normalized spacial score (nSPS) is 17.6. The molecule has 1 unspecified atom stereocenters. The zero-order valence-corrected chi connectivity index (χ0v) is 22.7. The Morgan fingerprint density at radius 2 is 1.85 bits per heavy atom. The third-order valence-electron chi connectivity index (χ3n) is 6.26. The van der Waals surface area contributed by atoms with Crippen LogP contribution in [0.1, 0.15) is 49.3 Å². The van der Waals surface area contributed by atoms with Crippen molar-refractivity contribution in [2.75, 3.05) is 40.0 Å². The quantitative estimate of drug-likeness (QED) is 0.252. The molecule has 0 aliphatic carbocycles. The van der Waals surface area contributed by atoms with Gasteiger partial charge in [-0.3, -0.25) is 0 Å². The number of hydrogen-bond acceptors (Lipinski definition) is 5. The van der Waals surface area contributed by atoms with E-state index in [9.17, 15) is 5.11 Å². The Hall–Kier alpha value is -1.78. The fourth-order valence-corrected chi connectivity index (χ4v) is 4.35. The highest BCUT2D eigenvalue weighted by Gasteiger charge is 2.35. The maximum atomic E-state index is 11.0. The molecule has 2 heterocycles. The van der Waals surface area contributed by atoms with Crippen LogP contribution in [0.3, 0.4) is 0 Å². The Kier molecular flexibility index (Phi) is 10.1. The molecule has 1 aromatic carbocycles. The number of hydrogen-bond donors (Lipinski definition) is 3. The van der Waals surface area contributed by atoms with E-state index in [0.29, 0.717) is 5.96 Å². The third-order valence-corrected chi connectivity index (χ3v) is 6.26. The maximum absolute atomic E-state index is 11.0. The Labute approximate surface area is 214 Å². The van der Waals surface area contributed by atoms with Gasteiger partial charge in [0, 0.05) is 37.3 Å². The number of nitrogens with one attached hydrogen (secondary N) is 2. The van der Waals surface area contributed by atoms with Crippen LogP contribution in [-0.2, 0) is 15.8 Å². The average Bonchev–Trinajstić information content (AvgIpc) is 3.15. The predicted molar refractivity (Wildman–Crippen MR) is 142 cm³/mol. The van der Waals surface area contributed by atoms with Gasteiger partial charge < -0.3 is 29.6 Å². The molecule has 184 valence electrons. The number of benzene rings is 1. The zero-order chi connectivity index (χ0) is 23.2. The lowest BCUT2D eigenvalue weighted by Gasteiger charge is -2.38. The van der Waals surface area contributed by atoms with Gasteiger partial charge in [0.15, 0.2) is 5.96 Å². The monoisotopic (exact) mass is 571 g/mol. The summed E-state index contributed by atoms with van der Waals surface area (Å²) in [7, 11) is 1.68.